The summed E-state index contributed by atoms with van der Waals surface area (Å²) in [7, 11) is 0. The lowest BCUT2D eigenvalue weighted by Crippen LogP contribution is -2.14. The summed E-state index contributed by atoms with van der Waals surface area (Å²) >= 11 is 3.36. The molecule has 1 atom stereocenters. The van der Waals surface area contributed by atoms with Crippen LogP contribution in [0.3, 0.4) is 0 Å². The van der Waals surface area contributed by atoms with E-state index in [1.165, 1.54) is 0 Å². The third kappa shape index (κ3) is 1.17. The van der Waals surface area contributed by atoms with Gasteiger partial charge in [0.1, 0.15) is 10.8 Å². The largest absolute Gasteiger partial charge is 0.467 e. The van der Waals surface area contributed by atoms with Gasteiger partial charge in [-0.3, -0.25) is 0 Å². The van der Waals surface area contributed by atoms with Gasteiger partial charge in [-0.1, -0.05) is 22.0 Å². The fraction of sp³-hybridized carbons (Fsp3) is 0.250. The van der Waals surface area contributed by atoms with Crippen LogP contribution in [0, 0.1) is 0 Å². The number of ether oxygens (including phenoxy) is 2. The van der Waals surface area contributed by atoms with Gasteiger partial charge in [-0.25, -0.2) is 0 Å². The molecule has 0 radical (unpaired) electrons. The van der Waals surface area contributed by atoms with Gasteiger partial charge in [-0.05, 0) is 12.1 Å². The van der Waals surface area contributed by atoms with Crippen molar-refractivity contribution in [2.24, 2.45) is 0 Å². The molecule has 0 aliphatic carbocycles. The van der Waals surface area contributed by atoms with Gasteiger partial charge in [-0.2, -0.15) is 0 Å². The molecule has 0 fully saturated rings. The van der Waals surface area contributed by atoms with Gasteiger partial charge in [0.15, 0.2) is 6.79 Å². The Morgan fingerprint density at radius 3 is 3.08 bits per heavy atom. The molecule has 1 aliphatic heterocycles. The zero-order valence-electron chi connectivity index (χ0n) is 6.29. The number of alkyl halides is 1. The van der Waals surface area contributed by atoms with Crippen LogP contribution in [0.25, 0.3) is 0 Å². The summed E-state index contributed by atoms with van der Waals surface area (Å²) in [5.41, 5.74) is 7.31. The number of hydrogen-bond acceptors (Lipinski definition) is 3. The maximum Gasteiger partial charge on any atom is 0.190 e. The number of fused-ring (bicyclic) bond motifs is 1. The highest BCUT2D eigenvalue weighted by Crippen LogP contribution is 2.39. The molecule has 2 N–H and O–H groups in total. The van der Waals surface area contributed by atoms with E-state index in [4.69, 9.17) is 15.2 Å². The van der Waals surface area contributed by atoms with Crippen LogP contribution in [0.4, 0.5) is 5.69 Å². The van der Waals surface area contributed by atoms with Crippen LogP contribution < -0.4 is 10.5 Å². The van der Waals surface area contributed by atoms with Crippen molar-refractivity contribution >= 4 is 21.6 Å². The minimum atomic E-state index is -0.151. The lowest BCUT2D eigenvalue weighted by molar-refractivity contribution is -0.0177. The van der Waals surface area contributed by atoms with E-state index in [1.54, 1.807) is 0 Å². The van der Waals surface area contributed by atoms with E-state index in [-0.39, 0.29) is 11.8 Å². The van der Waals surface area contributed by atoms with Crippen molar-refractivity contribution in [1.29, 1.82) is 0 Å². The second kappa shape index (κ2) is 2.95. The second-order valence-corrected chi connectivity index (χ2v) is 3.34. The van der Waals surface area contributed by atoms with Gasteiger partial charge in [0.2, 0.25) is 0 Å². The Morgan fingerprint density at radius 1 is 1.50 bits per heavy atom. The third-order valence-electron chi connectivity index (χ3n) is 1.76. The molecule has 2 rings (SSSR count). The molecule has 0 spiro atoms. The highest BCUT2D eigenvalue weighted by Gasteiger charge is 2.21. The number of nitrogens with two attached hydrogens (primary N) is 1. The van der Waals surface area contributed by atoms with Gasteiger partial charge in [0.25, 0.3) is 0 Å². The fourth-order valence-electron chi connectivity index (χ4n) is 1.17. The monoisotopic (exact) mass is 229 g/mol. The van der Waals surface area contributed by atoms with Crippen LogP contribution in [0.1, 0.15) is 10.6 Å². The van der Waals surface area contributed by atoms with E-state index in [9.17, 15) is 0 Å². The number of nitrogen functional groups attached to an aromatic ring is 1. The Balaban J connectivity index is 2.53. The topological polar surface area (TPSA) is 44.5 Å². The Labute approximate surface area is 78.6 Å². The van der Waals surface area contributed by atoms with E-state index in [2.05, 4.69) is 15.9 Å². The summed E-state index contributed by atoms with van der Waals surface area (Å²) < 4.78 is 10.4. The van der Waals surface area contributed by atoms with Crippen molar-refractivity contribution in [3.8, 4) is 5.75 Å². The molecule has 1 aromatic rings. The van der Waals surface area contributed by atoms with Gasteiger partial charge in [0, 0.05) is 5.69 Å². The fourth-order valence-corrected chi connectivity index (χ4v) is 1.77. The Morgan fingerprint density at radius 2 is 2.33 bits per heavy atom. The lowest BCUT2D eigenvalue weighted by atomic mass is 10.1. The average Bonchev–Trinajstić information content (AvgIpc) is 2.04. The molecule has 12 heavy (non-hydrogen) atoms. The molecule has 4 heteroatoms. The molecule has 1 aliphatic rings. The van der Waals surface area contributed by atoms with E-state index in [0.29, 0.717) is 5.69 Å². The van der Waals surface area contributed by atoms with Crippen molar-refractivity contribution in [2.45, 2.75) is 5.01 Å². The van der Waals surface area contributed by atoms with Gasteiger partial charge in [0.05, 0.1) is 5.56 Å². The third-order valence-corrected chi connectivity index (χ3v) is 2.48. The molecule has 3 nitrogen and oxygen atoms in total. The van der Waals surface area contributed by atoms with Crippen molar-refractivity contribution in [3.05, 3.63) is 23.8 Å². The lowest BCUT2D eigenvalue weighted by Gasteiger charge is -2.23. The van der Waals surface area contributed by atoms with Crippen LogP contribution in [0.15, 0.2) is 18.2 Å². The average molecular weight is 230 g/mol. The maximum atomic E-state index is 5.74. The minimum Gasteiger partial charge on any atom is -0.467 e. The minimum absolute atomic E-state index is 0.151. The first kappa shape index (κ1) is 7.89. The SMILES string of the molecule is Nc1cccc2c1C(Br)OCO2. The Kier molecular flexibility index (Phi) is 1.94. The molecular formula is C8H8BrNO2. The first-order valence-corrected chi connectivity index (χ1v) is 4.47. The predicted molar refractivity (Wildman–Crippen MR) is 49.1 cm³/mol. The van der Waals surface area contributed by atoms with Crippen LogP contribution in [0.2, 0.25) is 0 Å². The molecule has 1 heterocycles. The standard InChI is InChI=1S/C8H8BrNO2/c9-8-7-5(10)2-1-3-6(7)11-4-12-8/h1-3,8H,4,10H2. The van der Waals surface area contributed by atoms with Crippen molar-refractivity contribution < 1.29 is 9.47 Å². The van der Waals surface area contributed by atoms with E-state index < -0.39 is 0 Å². The van der Waals surface area contributed by atoms with Crippen LogP contribution in [-0.4, -0.2) is 6.79 Å². The highest BCUT2D eigenvalue weighted by molar-refractivity contribution is 9.09. The molecule has 0 amide bonds. The van der Waals surface area contributed by atoms with Crippen LogP contribution >= 0.6 is 15.9 Å². The van der Waals surface area contributed by atoms with Gasteiger partial charge < -0.3 is 15.2 Å². The van der Waals surface area contributed by atoms with Crippen molar-refractivity contribution in [1.82, 2.24) is 0 Å². The predicted octanol–water partition coefficient (Wildman–Crippen LogP) is 2.03. The van der Waals surface area contributed by atoms with Crippen molar-refractivity contribution in [2.75, 3.05) is 12.5 Å². The number of hydrogen-bond donors (Lipinski definition) is 1. The summed E-state index contributed by atoms with van der Waals surface area (Å²) in [6, 6.07) is 5.56. The Bertz CT molecular complexity index is 303. The molecular weight excluding hydrogens is 222 g/mol. The van der Waals surface area contributed by atoms with Gasteiger partial charge >= 0.3 is 0 Å². The summed E-state index contributed by atoms with van der Waals surface area (Å²) in [5.74, 6) is 0.795. The second-order valence-electron chi connectivity index (χ2n) is 2.50. The molecule has 0 saturated carbocycles. The zero-order valence-corrected chi connectivity index (χ0v) is 7.87. The molecule has 0 saturated heterocycles. The first-order valence-electron chi connectivity index (χ1n) is 3.56. The number of anilines is 1. The molecule has 1 unspecified atom stereocenters. The smallest absolute Gasteiger partial charge is 0.190 e. The zero-order chi connectivity index (χ0) is 8.55. The Hall–Kier alpha value is -0.740. The van der Waals surface area contributed by atoms with E-state index >= 15 is 0 Å². The normalized spacial score (nSPS) is 21.2. The number of benzene rings is 1. The van der Waals surface area contributed by atoms with Crippen LogP contribution in [0.5, 0.6) is 5.75 Å². The maximum absolute atomic E-state index is 5.74. The summed E-state index contributed by atoms with van der Waals surface area (Å²) in [4.78, 5) is 0. The number of rotatable bonds is 0. The highest BCUT2D eigenvalue weighted by atomic mass is 79.9. The van der Waals surface area contributed by atoms with E-state index in [0.717, 1.165) is 11.3 Å². The number of halogens is 1. The molecule has 1 aromatic carbocycles. The summed E-state index contributed by atoms with van der Waals surface area (Å²) in [5, 5.41) is -0.151. The summed E-state index contributed by atoms with van der Waals surface area (Å²) in [6.07, 6.45) is 0. The first-order chi connectivity index (χ1) is 5.79. The summed E-state index contributed by atoms with van der Waals surface area (Å²) in [6.45, 7) is 0.270. The van der Waals surface area contributed by atoms with Gasteiger partial charge in [-0.15, -0.1) is 0 Å². The van der Waals surface area contributed by atoms with E-state index in [1.807, 2.05) is 18.2 Å². The quantitative estimate of drug-likeness (QED) is 0.547. The van der Waals surface area contributed by atoms with Crippen LogP contribution in [-0.2, 0) is 4.74 Å². The van der Waals surface area contributed by atoms with Crippen molar-refractivity contribution in [3.63, 3.8) is 0 Å². The molecule has 64 valence electrons. The molecule has 0 bridgehead atoms. The molecule has 0 aromatic heterocycles.